The molecule has 1 aromatic rings. The van der Waals surface area contributed by atoms with Gasteiger partial charge in [0.15, 0.2) is 0 Å². The Morgan fingerprint density at radius 1 is 1.20 bits per heavy atom. The molecule has 25 heavy (non-hydrogen) atoms. The Hall–Kier alpha value is -1.14. The van der Waals surface area contributed by atoms with Crippen molar-refractivity contribution in [3.05, 3.63) is 29.8 Å². The first kappa shape index (κ1) is 18.6. The first-order chi connectivity index (χ1) is 12.0. The van der Waals surface area contributed by atoms with Crippen molar-refractivity contribution in [1.29, 1.82) is 0 Å². The average Bonchev–Trinajstić information content (AvgIpc) is 2.61. The number of hydrogen-bond donors (Lipinski definition) is 1. The second kappa shape index (κ2) is 8.04. The lowest BCUT2D eigenvalue weighted by molar-refractivity contribution is -0.120. The van der Waals surface area contributed by atoms with Gasteiger partial charge < -0.3 is 19.3 Å². The van der Waals surface area contributed by atoms with Crippen LogP contribution in [0.5, 0.6) is 5.75 Å². The van der Waals surface area contributed by atoms with E-state index < -0.39 is 5.60 Å². The largest absolute Gasteiger partial charge is 0.490 e. The molecule has 0 aromatic heterocycles. The Bertz CT molecular complexity index is 558. The van der Waals surface area contributed by atoms with E-state index in [2.05, 4.69) is 17.9 Å². The Morgan fingerprint density at radius 3 is 2.68 bits per heavy atom. The maximum absolute atomic E-state index is 10.8. The molecule has 0 amide bonds. The van der Waals surface area contributed by atoms with Gasteiger partial charge in [0.2, 0.25) is 0 Å². The summed E-state index contributed by atoms with van der Waals surface area (Å²) >= 11 is 0. The van der Waals surface area contributed by atoms with Gasteiger partial charge in [-0.3, -0.25) is 4.90 Å². The van der Waals surface area contributed by atoms with Gasteiger partial charge in [-0.2, -0.15) is 0 Å². The average molecular weight is 349 g/mol. The monoisotopic (exact) mass is 349 g/mol. The molecular weight excluding hydrogens is 318 g/mol. The van der Waals surface area contributed by atoms with Gasteiger partial charge in [0.1, 0.15) is 18.0 Å². The van der Waals surface area contributed by atoms with Crippen LogP contribution in [0.25, 0.3) is 0 Å². The fourth-order valence-corrected chi connectivity index (χ4v) is 3.92. The van der Waals surface area contributed by atoms with Crippen molar-refractivity contribution in [3.63, 3.8) is 0 Å². The molecule has 5 heteroatoms. The number of piperidine rings is 1. The van der Waals surface area contributed by atoms with Crippen LogP contribution in [0, 0.1) is 6.92 Å². The Balaban J connectivity index is 1.61. The normalized spacial score (nSPS) is 27.2. The molecule has 3 rings (SSSR count). The lowest BCUT2D eigenvalue weighted by Gasteiger charge is -2.45. The molecule has 2 aliphatic heterocycles. The third-order valence-electron chi connectivity index (χ3n) is 5.58. The summed E-state index contributed by atoms with van der Waals surface area (Å²) in [6.45, 7) is 6.37. The molecule has 2 heterocycles. The SMILES string of the molecule is CO[C@@]1(COc2ccccc2C)CCCN(CC2(O)CCOCC2)C1. The number of ether oxygens (including phenoxy) is 3. The zero-order valence-electron chi connectivity index (χ0n) is 15.5. The minimum absolute atomic E-state index is 0.317. The number of nitrogens with zero attached hydrogens (tertiary/aromatic N) is 1. The van der Waals surface area contributed by atoms with Crippen LogP contribution in [-0.4, -0.2) is 67.8 Å². The minimum atomic E-state index is -0.633. The van der Waals surface area contributed by atoms with E-state index >= 15 is 0 Å². The molecule has 1 aromatic carbocycles. The summed E-state index contributed by atoms with van der Waals surface area (Å²) < 4.78 is 17.4. The number of likely N-dealkylation sites (tertiary alicyclic amines) is 1. The van der Waals surface area contributed by atoms with Gasteiger partial charge in [-0.15, -0.1) is 0 Å². The predicted molar refractivity (Wildman–Crippen MR) is 97.1 cm³/mol. The van der Waals surface area contributed by atoms with Crippen LogP contribution < -0.4 is 4.74 Å². The summed E-state index contributed by atoms with van der Waals surface area (Å²) in [6.07, 6.45) is 3.46. The number of β-amino-alcohol motifs (C(OH)–C–C–N with tert-alkyl or cyclic N) is 1. The third kappa shape index (κ3) is 4.73. The van der Waals surface area contributed by atoms with Gasteiger partial charge in [-0.1, -0.05) is 18.2 Å². The van der Waals surface area contributed by atoms with Crippen molar-refractivity contribution in [1.82, 2.24) is 4.90 Å². The summed E-state index contributed by atoms with van der Waals surface area (Å²) in [5, 5.41) is 10.8. The summed E-state index contributed by atoms with van der Waals surface area (Å²) in [6, 6.07) is 8.08. The summed E-state index contributed by atoms with van der Waals surface area (Å²) in [4.78, 5) is 2.33. The van der Waals surface area contributed by atoms with E-state index in [0.717, 1.165) is 37.2 Å². The van der Waals surface area contributed by atoms with Crippen LogP contribution in [0.15, 0.2) is 24.3 Å². The fourth-order valence-electron chi connectivity index (χ4n) is 3.92. The van der Waals surface area contributed by atoms with Gasteiger partial charge in [-0.25, -0.2) is 0 Å². The molecule has 0 bridgehead atoms. The van der Waals surface area contributed by atoms with Gasteiger partial charge >= 0.3 is 0 Å². The number of rotatable bonds is 6. The first-order valence-corrected chi connectivity index (χ1v) is 9.30. The molecule has 2 aliphatic rings. The summed E-state index contributed by atoms with van der Waals surface area (Å²) in [7, 11) is 1.77. The second-order valence-electron chi connectivity index (χ2n) is 7.59. The van der Waals surface area contributed by atoms with E-state index in [1.165, 1.54) is 0 Å². The van der Waals surface area contributed by atoms with E-state index in [1.54, 1.807) is 7.11 Å². The third-order valence-corrected chi connectivity index (χ3v) is 5.58. The van der Waals surface area contributed by atoms with E-state index in [9.17, 15) is 5.11 Å². The van der Waals surface area contributed by atoms with Crippen LogP contribution >= 0.6 is 0 Å². The maximum atomic E-state index is 10.8. The van der Waals surface area contributed by atoms with Crippen molar-refractivity contribution in [2.45, 2.75) is 43.8 Å². The highest BCUT2D eigenvalue weighted by molar-refractivity contribution is 5.31. The van der Waals surface area contributed by atoms with E-state index in [4.69, 9.17) is 14.2 Å². The van der Waals surface area contributed by atoms with Crippen molar-refractivity contribution in [2.75, 3.05) is 46.6 Å². The molecule has 140 valence electrons. The molecular formula is C20H31NO4. The molecule has 0 aliphatic carbocycles. The number of methoxy groups -OCH3 is 1. The van der Waals surface area contributed by atoms with Crippen LogP contribution in [0.2, 0.25) is 0 Å². The van der Waals surface area contributed by atoms with Gasteiger partial charge in [0.05, 0.1) is 5.60 Å². The van der Waals surface area contributed by atoms with Crippen molar-refractivity contribution < 1.29 is 19.3 Å². The smallest absolute Gasteiger partial charge is 0.122 e. The number of aliphatic hydroxyl groups is 1. The molecule has 1 N–H and O–H groups in total. The van der Waals surface area contributed by atoms with Crippen molar-refractivity contribution in [3.8, 4) is 5.75 Å². The van der Waals surface area contributed by atoms with E-state index in [-0.39, 0.29) is 5.60 Å². The zero-order valence-corrected chi connectivity index (χ0v) is 15.5. The molecule has 0 saturated carbocycles. The summed E-state index contributed by atoms with van der Waals surface area (Å²) in [5.74, 6) is 0.916. The highest BCUT2D eigenvalue weighted by Gasteiger charge is 2.40. The second-order valence-corrected chi connectivity index (χ2v) is 7.59. The quantitative estimate of drug-likeness (QED) is 0.855. The van der Waals surface area contributed by atoms with Gasteiger partial charge in [-0.05, 0) is 37.9 Å². The number of benzene rings is 1. The molecule has 1 atom stereocenters. The van der Waals surface area contributed by atoms with Crippen molar-refractivity contribution >= 4 is 0 Å². The highest BCUT2D eigenvalue weighted by Crippen LogP contribution is 2.30. The highest BCUT2D eigenvalue weighted by atomic mass is 16.5. The van der Waals surface area contributed by atoms with Crippen LogP contribution in [0.3, 0.4) is 0 Å². The van der Waals surface area contributed by atoms with Crippen LogP contribution in [0.4, 0.5) is 0 Å². The molecule has 0 radical (unpaired) electrons. The van der Waals surface area contributed by atoms with Crippen LogP contribution in [-0.2, 0) is 9.47 Å². The first-order valence-electron chi connectivity index (χ1n) is 9.30. The fraction of sp³-hybridized carbons (Fsp3) is 0.700. The van der Waals surface area contributed by atoms with Gasteiger partial charge in [0.25, 0.3) is 0 Å². The van der Waals surface area contributed by atoms with Gasteiger partial charge in [0, 0.05) is 46.3 Å². The van der Waals surface area contributed by atoms with Crippen molar-refractivity contribution in [2.24, 2.45) is 0 Å². The minimum Gasteiger partial charge on any atom is -0.490 e. The molecule has 0 spiro atoms. The number of hydrogen-bond acceptors (Lipinski definition) is 5. The lowest BCUT2D eigenvalue weighted by Crippen LogP contribution is -2.57. The lowest BCUT2D eigenvalue weighted by atomic mass is 9.89. The van der Waals surface area contributed by atoms with E-state index in [1.807, 2.05) is 18.2 Å². The standard InChI is InChI=1S/C20H31NO4/c1-17-6-3-4-7-18(17)25-16-20(23-2)8-5-11-21(15-20)14-19(22)9-12-24-13-10-19/h3-4,6-7,22H,5,8-16H2,1-2H3/t20-/m0/s1. The number of para-hydroxylation sites is 1. The topological polar surface area (TPSA) is 51.2 Å². The van der Waals surface area contributed by atoms with E-state index in [0.29, 0.717) is 39.2 Å². The maximum Gasteiger partial charge on any atom is 0.122 e. The van der Waals surface area contributed by atoms with Crippen LogP contribution in [0.1, 0.15) is 31.2 Å². The molecule has 0 unspecified atom stereocenters. The molecule has 5 nitrogen and oxygen atoms in total. The Labute approximate surface area is 150 Å². The molecule has 2 saturated heterocycles. The zero-order chi connectivity index (χ0) is 17.8. The molecule has 2 fully saturated rings. The predicted octanol–water partition coefficient (Wildman–Crippen LogP) is 2.40. The number of aryl methyl sites for hydroxylation is 1. The summed E-state index contributed by atoms with van der Waals surface area (Å²) in [5.41, 5.74) is 0.187. The Kier molecular flexibility index (Phi) is 6.00. The Morgan fingerprint density at radius 2 is 1.96 bits per heavy atom.